The van der Waals surface area contributed by atoms with Crippen molar-refractivity contribution in [2.24, 2.45) is 5.41 Å². The van der Waals surface area contributed by atoms with Gasteiger partial charge in [0, 0.05) is 37.9 Å². The third-order valence-electron chi connectivity index (χ3n) is 5.33. The lowest BCUT2D eigenvalue weighted by Gasteiger charge is -2.28. The standard InChI is InChI=1S/C16H27N3/c1-3-15-17-9-11-18(15)12-14(2)19-10-8-16(13-19)6-4-5-7-16/h9,11,14H,3-8,10,12-13H2,1-2H3/t14-/m1/s1. The van der Waals surface area contributed by atoms with Gasteiger partial charge in [-0.3, -0.25) is 4.90 Å². The van der Waals surface area contributed by atoms with Crippen LogP contribution in [0.25, 0.3) is 0 Å². The predicted molar refractivity (Wildman–Crippen MR) is 78.2 cm³/mol. The molecule has 1 aliphatic carbocycles. The van der Waals surface area contributed by atoms with E-state index in [0.29, 0.717) is 11.5 Å². The van der Waals surface area contributed by atoms with Crippen molar-refractivity contribution in [1.29, 1.82) is 0 Å². The molecule has 2 fully saturated rings. The Kier molecular flexibility index (Phi) is 3.66. The zero-order chi connectivity index (χ0) is 13.3. The van der Waals surface area contributed by atoms with Gasteiger partial charge in [-0.1, -0.05) is 19.8 Å². The summed E-state index contributed by atoms with van der Waals surface area (Å²) in [5.74, 6) is 1.22. The van der Waals surface area contributed by atoms with Crippen molar-refractivity contribution in [3.8, 4) is 0 Å². The fraction of sp³-hybridized carbons (Fsp3) is 0.812. The molecule has 3 rings (SSSR count). The van der Waals surface area contributed by atoms with E-state index in [1.54, 1.807) is 0 Å². The monoisotopic (exact) mass is 261 g/mol. The first-order valence-corrected chi connectivity index (χ1v) is 7.96. The van der Waals surface area contributed by atoms with Crippen LogP contribution in [0.4, 0.5) is 0 Å². The topological polar surface area (TPSA) is 21.1 Å². The molecule has 106 valence electrons. The number of rotatable bonds is 4. The van der Waals surface area contributed by atoms with Crippen LogP contribution in [-0.4, -0.2) is 33.6 Å². The molecule has 1 saturated heterocycles. The molecule has 1 aromatic heterocycles. The number of aromatic nitrogens is 2. The first kappa shape index (κ1) is 13.2. The molecule has 0 unspecified atom stereocenters. The zero-order valence-corrected chi connectivity index (χ0v) is 12.4. The Morgan fingerprint density at radius 2 is 2.11 bits per heavy atom. The summed E-state index contributed by atoms with van der Waals surface area (Å²) in [6.45, 7) is 8.31. The third-order valence-corrected chi connectivity index (χ3v) is 5.33. The maximum absolute atomic E-state index is 4.43. The molecule has 0 bridgehead atoms. The maximum atomic E-state index is 4.43. The second-order valence-corrected chi connectivity index (χ2v) is 6.63. The fourth-order valence-corrected chi connectivity index (χ4v) is 4.10. The SMILES string of the molecule is CCc1nccn1C[C@@H](C)N1CCC2(CCCC2)C1. The Bertz CT molecular complexity index is 417. The highest BCUT2D eigenvalue weighted by Crippen LogP contribution is 2.45. The van der Waals surface area contributed by atoms with Gasteiger partial charge in [0.1, 0.15) is 5.82 Å². The lowest BCUT2D eigenvalue weighted by atomic mass is 9.86. The normalized spacial score (nSPS) is 24.3. The van der Waals surface area contributed by atoms with Crippen molar-refractivity contribution < 1.29 is 0 Å². The van der Waals surface area contributed by atoms with E-state index in [1.807, 2.05) is 6.20 Å². The third kappa shape index (κ3) is 2.58. The van der Waals surface area contributed by atoms with Crippen molar-refractivity contribution in [2.45, 2.75) is 65.0 Å². The lowest BCUT2D eigenvalue weighted by molar-refractivity contribution is 0.198. The summed E-state index contributed by atoms with van der Waals surface area (Å²) in [6.07, 6.45) is 12.4. The van der Waals surface area contributed by atoms with E-state index in [9.17, 15) is 0 Å². The van der Waals surface area contributed by atoms with E-state index in [0.717, 1.165) is 13.0 Å². The Hall–Kier alpha value is -0.830. The molecule has 2 aliphatic rings. The number of imidazole rings is 1. The molecule has 1 saturated carbocycles. The number of nitrogens with zero attached hydrogens (tertiary/aromatic N) is 3. The smallest absolute Gasteiger partial charge is 0.108 e. The summed E-state index contributed by atoms with van der Waals surface area (Å²) in [6, 6.07) is 0.638. The number of hydrogen-bond donors (Lipinski definition) is 0. The lowest BCUT2D eigenvalue weighted by Crippen LogP contribution is -2.36. The van der Waals surface area contributed by atoms with Crippen LogP contribution in [0.1, 0.15) is 51.8 Å². The summed E-state index contributed by atoms with van der Waals surface area (Å²) < 4.78 is 2.34. The van der Waals surface area contributed by atoms with E-state index < -0.39 is 0 Å². The van der Waals surface area contributed by atoms with Crippen molar-refractivity contribution in [3.05, 3.63) is 18.2 Å². The highest BCUT2D eigenvalue weighted by atomic mass is 15.2. The molecular weight excluding hydrogens is 234 g/mol. The van der Waals surface area contributed by atoms with Gasteiger partial charge in [0.15, 0.2) is 0 Å². The summed E-state index contributed by atoms with van der Waals surface area (Å²) in [5.41, 5.74) is 0.691. The van der Waals surface area contributed by atoms with Gasteiger partial charge in [0.05, 0.1) is 0 Å². The van der Waals surface area contributed by atoms with Crippen LogP contribution in [0.5, 0.6) is 0 Å². The van der Waals surface area contributed by atoms with Crippen LogP contribution in [0.2, 0.25) is 0 Å². The molecular formula is C16H27N3. The van der Waals surface area contributed by atoms with Crippen LogP contribution < -0.4 is 0 Å². The molecule has 0 aromatic carbocycles. The van der Waals surface area contributed by atoms with Gasteiger partial charge in [0.2, 0.25) is 0 Å². The quantitative estimate of drug-likeness (QED) is 0.830. The predicted octanol–water partition coefficient (Wildman–Crippen LogP) is 3.10. The first-order chi connectivity index (χ1) is 9.22. The van der Waals surface area contributed by atoms with Gasteiger partial charge in [-0.15, -0.1) is 0 Å². The van der Waals surface area contributed by atoms with Crippen molar-refractivity contribution in [1.82, 2.24) is 14.5 Å². The molecule has 1 spiro atoms. The van der Waals surface area contributed by atoms with Crippen molar-refractivity contribution >= 4 is 0 Å². The van der Waals surface area contributed by atoms with E-state index in [1.165, 1.54) is 51.0 Å². The molecule has 1 atom stereocenters. The molecule has 3 heteroatoms. The minimum Gasteiger partial charge on any atom is -0.333 e. The highest BCUT2D eigenvalue weighted by molar-refractivity contribution is 4.96. The van der Waals surface area contributed by atoms with Gasteiger partial charge in [-0.25, -0.2) is 4.98 Å². The summed E-state index contributed by atoms with van der Waals surface area (Å²) in [4.78, 5) is 7.14. The van der Waals surface area contributed by atoms with Crippen LogP contribution in [-0.2, 0) is 13.0 Å². The second kappa shape index (κ2) is 5.28. The summed E-state index contributed by atoms with van der Waals surface area (Å²) in [7, 11) is 0. The minimum atomic E-state index is 0.638. The highest BCUT2D eigenvalue weighted by Gasteiger charge is 2.41. The molecule has 3 nitrogen and oxygen atoms in total. The number of likely N-dealkylation sites (tertiary alicyclic amines) is 1. The maximum Gasteiger partial charge on any atom is 0.108 e. The summed E-state index contributed by atoms with van der Waals surface area (Å²) in [5, 5.41) is 0. The van der Waals surface area contributed by atoms with Gasteiger partial charge >= 0.3 is 0 Å². The molecule has 19 heavy (non-hydrogen) atoms. The molecule has 2 heterocycles. The van der Waals surface area contributed by atoms with Gasteiger partial charge in [0.25, 0.3) is 0 Å². The molecule has 0 radical (unpaired) electrons. The second-order valence-electron chi connectivity index (χ2n) is 6.63. The van der Waals surface area contributed by atoms with Crippen molar-refractivity contribution in [2.75, 3.05) is 13.1 Å². The van der Waals surface area contributed by atoms with Crippen LogP contribution >= 0.6 is 0 Å². The van der Waals surface area contributed by atoms with Crippen LogP contribution in [0.3, 0.4) is 0 Å². The number of hydrogen-bond acceptors (Lipinski definition) is 2. The average Bonchev–Trinajstić information content (AvgIpc) is 3.13. The van der Waals surface area contributed by atoms with E-state index >= 15 is 0 Å². The summed E-state index contributed by atoms with van der Waals surface area (Å²) >= 11 is 0. The van der Waals surface area contributed by atoms with Crippen molar-refractivity contribution in [3.63, 3.8) is 0 Å². The average molecular weight is 261 g/mol. The first-order valence-electron chi connectivity index (χ1n) is 7.96. The van der Waals surface area contributed by atoms with Crippen LogP contribution in [0.15, 0.2) is 12.4 Å². The van der Waals surface area contributed by atoms with Gasteiger partial charge in [-0.05, 0) is 38.1 Å². The van der Waals surface area contributed by atoms with E-state index in [2.05, 4.69) is 34.5 Å². The Morgan fingerprint density at radius 1 is 1.32 bits per heavy atom. The van der Waals surface area contributed by atoms with Gasteiger partial charge in [-0.2, -0.15) is 0 Å². The molecule has 0 amide bonds. The fourth-order valence-electron chi connectivity index (χ4n) is 4.10. The Balaban J connectivity index is 1.61. The molecule has 0 N–H and O–H groups in total. The van der Waals surface area contributed by atoms with Crippen LogP contribution in [0, 0.1) is 5.41 Å². The molecule has 1 aromatic rings. The Labute approximate surface area is 117 Å². The van der Waals surface area contributed by atoms with Gasteiger partial charge < -0.3 is 4.57 Å². The molecule has 1 aliphatic heterocycles. The zero-order valence-electron chi connectivity index (χ0n) is 12.4. The Morgan fingerprint density at radius 3 is 2.84 bits per heavy atom. The number of aryl methyl sites for hydroxylation is 1. The largest absolute Gasteiger partial charge is 0.333 e. The van der Waals surface area contributed by atoms with E-state index in [-0.39, 0.29) is 0 Å². The minimum absolute atomic E-state index is 0.638. The van der Waals surface area contributed by atoms with E-state index in [4.69, 9.17) is 0 Å².